The van der Waals surface area contributed by atoms with Gasteiger partial charge < -0.3 is 4.74 Å². The van der Waals surface area contributed by atoms with Gasteiger partial charge in [-0.3, -0.25) is 0 Å². The van der Waals surface area contributed by atoms with E-state index in [0.29, 0.717) is 12.2 Å². The van der Waals surface area contributed by atoms with Gasteiger partial charge in [-0.05, 0) is 53.6 Å². The molecule has 0 aliphatic carbocycles. The molecule has 3 aromatic carbocycles. The number of ether oxygens (including phenoxy) is 1. The molecule has 0 bridgehead atoms. The monoisotopic (exact) mass is 440 g/mol. The first-order valence-electron chi connectivity index (χ1n) is 9.23. The first-order valence-corrected chi connectivity index (χ1v) is 13.0. The second-order valence-electron chi connectivity index (χ2n) is 7.29. The molecule has 154 valence electrons. The van der Waals surface area contributed by atoms with Crippen molar-refractivity contribution in [3.63, 3.8) is 0 Å². The molecule has 1 heterocycles. The van der Waals surface area contributed by atoms with E-state index in [1.807, 2.05) is 24.3 Å². The van der Waals surface area contributed by atoms with E-state index >= 15 is 0 Å². The van der Waals surface area contributed by atoms with E-state index in [-0.39, 0.29) is 9.79 Å². The maximum absolute atomic E-state index is 11.8. The van der Waals surface area contributed by atoms with Gasteiger partial charge in [0.15, 0.2) is 19.7 Å². The van der Waals surface area contributed by atoms with Gasteiger partial charge in [0.05, 0.1) is 9.79 Å². The highest BCUT2D eigenvalue weighted by Gasteiger charge is 2.23. The highest BCUT2D eigenvalue weighted by atomic mass is 32.2. The topological polar surface area (TPSA) is 77.5 Å². The molecule has 1 aliphatic rings. The lowest BCUT2D eigenvalue weighted by molar-refractivity contribution is 0.502. The first kappa shape index (κ1) is 20.4. The Hall–Kier alpha value is -2.90. The predicted octanol–water partition coefficient (Wildman–Crippen LogP) is 4.00. The van der Waals surface area contributed by atoms with Crippen molar-refractivity contribution in [2.45, 2.75) is 16.2 Å². The van der Waals surface area contributed by atoms with E-state index in [1.54, 1.807) is 48.5 Å². The largest absolute Gasteiger partial charge is 0.456 e. The molecule has 0 spiro atoms. The van der Waals surface area contributed by atoms with Crippen LogP contribution in [0.4, 0.5) is 0 Å². The van der Waals surface area contributed by atoms with Crippen LogP contribution in [0.15, 0.2) is 82.6 Å². The van der Waals surface area contributed by atoms with Crippen LogP contribution < -0.4 is 4.74 Å². The molecule has 0 saturated carbocycles. The molecule has 0 aromatic heterocycles. The molecule has 0 unspecified atom stereocenters. The van der Waals surface area contributed by atoms with Gasteiger partial charge in [0.1, 0.15) is 11.5 Å². The van der Waals surface area contributed by atoms with E-state index in [9.17, 15) is 16.8 Å². The zero-order valence-corrected chi connectivity index (χ0v) is 18.1. The normalized spacial score (nSPS) is 14.2. The number of fused-ring (bicyclic) bond motifs is 1. The Labute approximate surface area is 176 Å². The number of sulfone groups is 2. The van der Waals surface area contributed by atoms with Gasteiger partial charge in [0.2, 0.25) is 0 Å². The third-order valence-electron chi connectivity index (χ3n) is 5.00. The standard InChI is InChI=1S/C23H20O5S2/c1-29(24,25)19-11-7-16(8-12-19)21-15-18-5-3-4-6-22(18)28-23(21)17-9-13-20(14-10-17)30(2,26)27/h3-14H,15H2,1-2H3. The van der Waals surface area contributed by atoms with Crippen LogP contribution in [-0.2, 0) is 26.1 Å². The van der Waals surface area contributed by atoms with Gasteiger partial charge in [0.25, 0.3) is 0 Å². The fraction of sp³-hybridized carbons (Fsp3) is 0.130. The van der Waals surface area contributed by atoms with Gasteiger partial charge in [-0.1, -0.05) is 30.3 Å². The average Bonchev–Trinajstić information content (AvgIpc) is 2.72. The minimum absolute atomic E-state index is 0.238. The van der Waals surface area contributed by atoms with E-state index in [0.717, 1.165) is 28.0 Å². The number of rotatable bonds is 4. The summed E-state index contributed by atoms with van der Waals surface area (Å²) in [6.07, 6.45) is 2.96. The fourth-order valence-electron chi connectivity index (χ4n) is 3.41. The molecular weight excluding hydrogens is 420 g/mol. The molecule has 0 N–H and O–H groups in total. The number of allylic oxidation sites excluding steroid dienone is 1. The number of para-hydroxylation sites is 1. The van der Waals surface area contributed by atoms with E-state index < -0.39 is 19.7 Å². The highest BCUT2D eigenvalue weighted by molar-refractivity contribution is 7.91. The van der Waals surface area contributed by atoms with Gasteiger partial charge >= 0.3 is 0 Å². The van der Waals surface area contributed by atoms with Gasteiger partial charge in [0, 0.05) is 30.1 Å². The summed E-state index contributed by atoms with van der Waals surface area (Å²) in [5.41, 5.74) is 3.52. The summed E-state index contributed by atoms with van der Waals surface area (Å²) in [4.78, 5) is 0.491. The van der Waals surface area contributed by atoms with Crippen LogP contribution in [0.3, 0.4) is 0 Å². The van der Waals surface area contributed by atoms with Crippen LogP contribution in [0.2, 0.25) is 0 Å². The summed E-state index contributed by atoms with van der Waals surface area (Å²) in [6.45, 7) is 0. The molecule has 3 aromatic rings. The Morgan fingerprint density at radius 1 is 0.667 bits per heavy atom. The van der Waals surface area contributed by atoms with Crippen molar-refractivity contribution in [3.05, 3.63) is 89.5 Å². The van der Waals surface area contributed by atoms with Gasteiger partial charge in [-0.15, -0.1) is 0 Å². The summed E-state index contributed by atoms with van der Waals surface area (Å²) in [7, 11) is -6.58. The summed E-state index contributed by atoms with van der Waals surface area (Å²) in [5, 5.41) is 0. The van der Waals surface area contributed by atoms with Crippen LogP contribution in [0, 0.1) is 0 Å². The van der Waals surface area contributed by atoms with Crippen LogP contribution in [-0.4, -0.2) is 29.3 Å². The SMILES string of the molecule is CS(=O)(=O)c1ccc(C2=C(c3ccc(S(C)(=O)=O)cc3)Oc3ccccc3C2)cc1. The minimum Gasteiger partial charge on any atom is -0.456 e. The Bertz CT molecular complexity index is 1240. The van der Waals surface area contributed by atoms with E-state index in [1.165, 1.54) is 12.5 Å². The lowest BCUT2D eigenvalue weighted by atomic mass is 9.92. The van der Waals surface area contributed by atoms with Crippen LogP contribution in [0.25, 0.3) is 11.3 Å². The van der Waals surface area contributed by atoms with E-state index in [2.05, 4.69) is 0 Å². The van der Waals surface area contributed by atoms with Crippen LogP contribution in [0.5, 0.6) is 5.75 Å². The molecular formula is C23H20O5S2. The Morgan fingerprint density at radius 3 is 1.70 bits per heavy atom. The molecule has 0 radical (unpaired) electrons. The van der Waals surface area contributed by atoms with Crippen molar-refractivity contribution in [1.29, 1.82) is 0 Å². The summed E-state index contributed by atoms with van der Waals surface area (Å²) >= 11 is 0. The lowest BCUT2D eigenvalue weighted by Crippen LogP contribution is -2.10. The third kappa shape index (κ3) is 4.04. The number of hydrogen-bond donors (Lipinski definition) is 0. The Balaban J connectivity index is 1.84. The molecule has 4 rings (SSSR count). The number of hydrogen-bond acceptors (Lipinski definition) is 5. The van der Waals surface area contributed by atoms with Crippen LogP contribution >= 0.6 is 0 Å². The molecule has 0 fully saturated rings. The van der Waals surface area contributed by atoms with Crippen molar-refractivity contribution in [3.8, 4) is 5.75 Å². The molecule has 30 heavy (non-hydrogen) atoms. The van der Waals surface area contributed by atoms with Crippen LogP contribution in [0.1, 0.15) is 16.7 Å². The zero-order chi connectivity index (χ0) is 21.5. The van der Waals surface area contributed by atoms with Gasteiger partial charge in [-0.25, -0.2) is 16.8 Å². The van der Waals surface area contributed by atoms with Crippen molar-refractivity contribution in [2.75, 3.05) is 12.5 Å². The molecule has 7 heteroatoms. The quantitative estimate of drug-likeness (QED) is 0.613. The van der Waals surface area contributed by atoms with E-state index in [4.69, 9.17) is 4.74 Å². The first-order chi connectivity index (χ1) is 14.1. The van der Waals surface area contributed by atoms with Crippen molar-refractivity contribution >= 4 is 31.0 Å². The maximum atomic E-state index is 11.8. The highest BCUT2D eigenvalue weighted by Crippen LogP contribution is 2.39. The Morgan fingerprint density at radius 2 is 1.17 bits per heavy atom. The lowest BCUT2D eigenvalue weighted by Gasteiger charge is -2.24. The summed E-state index contributed by atoms with van der Waals surface area (Å²) in [6, 6.07) is 21.0. The van der Waals surface area contributed by atoms with Crippen molar-refractivity contribution in [1.82, 2.24) is 0 Å². The summed E-state index contributed by atoms with van der Waals surface area (Å²) in [5.74, 6) is 1.37. The summed E-state index contributed by atoms with van der Waals surface area (Å²) < 4.78 is 53.4. The second kappa shape index (κ2) is 7.41. The molecule has 5 nitrogen and oxygen atoms in total. The molecule has 0 amide bonds. The third-order valence-corrected chi connectivity index (χ3v) is 7.26. The molecule has 0 saturated heterocycles. The van der Waals surface area contributed by atoms with Crippen molar-refractivity contribution < 1.29 is 21.6 Å². The fourth-order valence-corrected chi connectivity index (χ4v) is 4.68. The second-order valence-corrected chi connectivity index (χ2v) is 11.3. The van der Waals surface area contributed by atoms with Gasteiger partial charge in [-0.2, -0.15) is 0 Å². The average molecular weight is 441 g/mol. The molecule has 1 aliphatic heterocycles. The number of benzene rings is 3. The maximum Gasteiger partial charge on any atom is 0.175 e. The van der Waals surface area contributed by atoms with Crippen molar-refractivity contribution in [2.24, 2.45) is 0 Å². The predicted molar refractivity (Wildman–Crippen MR) is 117 cm³/mol. The smallest absolute Gasteiger partial charge is 0.175 e. The minimum atomic E-state index is -3.30. The Kier molecular flexibility index (Phi) is 5.03. The zero-order valence-electron chi connectivity index (χ0n) is 16.5. The molecule has 0 atom stereocenters.